The number of rotatable bonds is 7. The quantitative estimate of drug-likeness (QED) is 0.557. The third-order valence-corrected chi connectivity index (χ3v) is 9.60. The summed E-state index contributed by atoms with van der Waals surface area (Å²) in [5.74, 6) is 2.36. The molecule has 4 fully saturated rings. The Morgan fingerprint density at radius 1 is 0.971 bits per heavy atom. The lowest BCUT2D eigenvalue weighted by atomic mass is 9.48. The number of benzene rings is 2. The maximum atomic E-state index is 13.3. The monoisotopic (exact) mass is 480 g/mol. The fraction of sp³-hybridized carbons (Fsp3) is 0.536. The summed E-state index contributed by atoms with van der Waals surface area (Å²) in [4.78, 5) is 13.3. The molecule has 34 heavy (non-hydrogen) atoms. The second-order valence-electron chi connectivity index (χ2n) is 11.1. The summed E-state index contributed by atoms with van der Waals surface area (Å²) in [5, 5.41) is 2.98. The Balaban J connectivity index is 1.34. The van der Waals surface area contributed by atoms with E-state index in [0.717, 1.165) is 29.6 Å². The van der Waals surface area contributed by atoms with Gasteiger partial charge in [0.2, 0.25) is 15.9 Å². The summed E-state index contributed by atoms with van der Waals surface area (Å²) < 4.78 is 26.6. The van der Waals surface area contributed by atoms with Crippen LogP contribution in [0.5, 0.6) is 0 Å². The minimum Gasteiger partial charge on any atom is -0.324 e. The van der Waals surface area contributed by atoms with Crippen molar-refractivity contribution in [2.45, 2.75) is 70.3 Å². The van der Waals surface area contributed by atoms with Crippen LogP contribution in [-0.4, -0.2) is 26.6 Å². The predicted molar refractivity (Wildman–Crippen MR) is 138 cm³/mol. The number of carbonyl (C=O) groups excluding carboxylic acids is 1. The van der Waals surface area contributed by atoms with E-state index in [0.29, 0.717) is 23.2 Å². The Hall–Kier alpha value is -2.34. The molecule has 2 aromatic rings. The first kappa shape index (κ1) is 23.4. The van der Waals surface area contributed by atoms with Crippen molar-refractivity contribution in [3.05, 3.63) is 59.7 Å². The Morgan fingerprint density at radius 2 is 1.50 bits per heavy atom. The van der Waals surface area contributed by atoms with Gasteiger partial charge in [0.05, 0.1) is 11.9 Å². The SMILES string of the molecule is CCC(C(=O)Nc1ccc(C23CC4CC(CC(C4)C2)C3)cc1)N(c1ccc(C)cc1)S(C)(=O)=O. The van der Waals surface area contributed by atoms with Gasteiger partial charge >= 0.3 is 0 Å². The smallest absolute Gasteiger partial charge is 0.248 e. The summed E-state index contributed by atoms with van der Waals surface area (Å²) in [6.07, 6.45) is 9.71. The lowest BCUT2D eigenvalue weighted by Crippen LogP contribution is -2.48. The summed E-state index contributed by atoms with van der Waals surface area (Å²) in [7, 11) is -3.64. The minimum atomic E-state index is -3.64. The first-order chi connectivity index (χ1) is 16.2. The average Bonchev–Trinajstić information content (AvgIpc) is 2.77. The molecule has 0 heterocycles. The van der Waals surface area contributed by atoms with E-state index in [2.05, 4.69) is 17.4 Å². The highest BCUT2D eigenvalue weighted by Crippen LogP contribution is 2.60. The molecule has 4 saturated carbocycles. The highest BCUT2D eigenvalue weighted by atomic mass is 32.2. The summed E-state index contributed by atoms with van der Waals surface area (Å²) in [6.45, 7) is 3.79. The van der Waals surface area contributed by atoms with E-state index in [1.54, 1.807) is 12.1 Å². The molecule has 4 aliphatic carbocycles. The van der Waals surface area contributed by atoms with E-state index in [4.69, 9.17) is 0 Å². The Kier molecular flexibility index (Phi) is 5.99. The van der Waals surface area contributed by atoms with Crippen LogP contribution in [0.15, 0.2) is 48.5 Å². The average molecular weight is 481 g/mol. The van der Waals surface area contributed by atoms with Crippen molar-refractivity contribution in [3.8, 4) is 0 Å². The number of anilines is 2. The van der Waals surface area contributed by atoms with E-state index in [1.165, 1.54) is 48.4 Å². The fourth-order valence-electron chi connectivity index (χ4n) is 7.35. The molecule has 0 spiro atoms. The van der Waals surface area contributed by atoms with Crippen molar-refractivity contribution < 1.29 is 13.2 Å². The van der Waals surface area contributed by atoms with E-state index in [9.17, 15) is 13.2 Å². The molecular weight excluding hydrogens is 444 g/mol. The maximum Gasteiger partial charge on any atom is 0.248 e. The molecule has 1 N–H and O–H groups in total. The molecule has 0 aliphatic heterocycles. The highest BCUT2D eigenvalue weighted by Gasteiger charge is 2.51. The molecule has 6 heteroatoms. The molecule has 4 aliphatic rings. The van der Waals surface area contributed by atoms with Gasteiger partial charge in [-0.25, -0.2) is 8.42 Å². The second-order valence-corrected chi connectivity index (χ2v) is 12.9. The number of nitrogens with one attached hydrogen (secondary N) is 1. The second kappa shape index (κ2) is 8.71. The summed E-state index contributed by atoms with van der Waals surface area (Å²) in [5.41, 5.74) is 3.99. The van der Waals surface area contributed by atoms with Gasteiger partial charge in [0, 0.05) is 5.69 Å². The van der Waals surface area contributed by atoms with Crippen LogP contribution < -0.4 is 9.62 Å². The van der Waals surface area contributed by atoms with Crippen LogP contribution in [0.2, 0.25) is 0 Å². The van der Waals surface area contributed by atoms with E-state index in [-0.39, 0.29) is 5.91 Å². The van der Waals surface area contributed by atoms with Gasteiger partial charge in [0.15, 0.2) is 0 Å². The van der Waals surface area contributed by atoms with E-state index >= 15 is 0 Å². The predicted octanol–water partition coefficient (Wildman–Crippen LogP) is 5.65. The Labute approximate surface area is 204 Å². The molecule has 1 unspecified atom stereocenters. The Bertz CT molecular complexity index is 1120. The molecule has 5 nitrogen and oxygen atoms in total. The zero-order valence-corrected chi connectivity index (χ0v) is 21.3. The zero-order valence-electron chi connectivity index (χ0n) is 20.5. The van der Waals surface area contributed by atoms with Gasteiger partial charge < -0.3 is 5.32 Å². The molecule has 0 aromatic heterocycles. The largest absolute Gasteiger partial charge is 0.324 e. The number of carbonyl (C=O) groups is 1. The normalized spacial score (nSPS) is 28.5. The van der Waals surface area contributed by atoms with Gasteiger partial charge in [-0.15, -0.1) is 0 Å². The summed E-state index contributed by atoms with van der Waals surface area (Å²) in [6, 6.07) is 14.8. The van der Waals surface area contributed by atoms with Crippen LogP contribution in [-0.2, 0) is 20.2 Å². The van der Waals surface area contributed by atoms with E-state index in [1.807, 2.05) is 38.1 Å². The number of amides is 1. The molecule has 1 atom stereocenters. The van der Waals surface area contributed by atoms with Crippen LogP contribution in [0, 0.1) is 24.7 Å². The minimum absolute atomic E-state index is 0.309. The molecule has 1 amide bonds. The first-order valence-corrected chi connectivity index (χ1v) is 14.5. The van der Waals surface area contributed by atoms with Gasteiger partial charge in [-0.1, -0.05) is 36.8 Å². The number of hydrogen-bond donors (Lipinski definition) is 1. The molecule has 4 bridgehead atoms. The molecule has 0 saturated heterocycles. The van der Waals surface area contributed by atoms with Gasteiger partial charge in [0.25, 0.3) is 0 Å². The van der Waals surface area contributed by atoms with Crippen molar-refractivity contribution in [1.82, 2.24) is 0 Å². The molecule has 0 radical (unpaired) electrons. The van der Waals surface area contributed by atoms with Crippen molar-refractivity contribution in [2.75, 3.05) is 15.9 Å². The molecular formula is C28H36N2O3S. The van der Waals surface area contributed by atoms with Crippen molar-refractivity contribution >= 4 is 27.3 Å². The standard InChI is InChI=1S/C28H36N2O3S/c1-4-26(30(34(3,32)33)25-11-5-19(2)6-12-25)27(31)29-24-9-7-23(8-10-24)28-16-20-13-21(17-28)15-22(14-20)18-28/h5-12,20-22,26H,4,13-18H2,1-3H3,(H,29,31). The molecule has 2 aromatic carbocycles. The number of nitrogens with zero attached hydrogens (tertiary/aromatic N) is 1. The van der Waals surface area contributed by atoms with E-state index < -0.39 is 16.1 Å². The van der Waals surface area contributed by atoms with Crippen molar-refractivity contribution in [3.63, 3.8) is 0 Å². The lowest BCUT2D eigenvalue weighted by molar-refractivity contribution is -0.117. The van der Waals surface area contributed by atoms with Crippen LogP contribution in [0.25, 0.3) is 0 Å². The summed E-state index contributed by atoms with van der Waals surface area (Å²) >= 11 is 0. The molecule has 6 rings (SSSR count). The topological polar surface area (TPSA) is 66.5 Å². The van der Waals surface area contributed by atoms with Crippen molar-refractivity contribution in [1.29, 1.82) is 0 Å². The first-order valence-electron chi connectivity index (χ1n) is 12.6. The van der Waals surface area contributed by atoms with Crippen LogP contribution in [0.3, 0.4) is 0 Å². The van der Waals surface area contributed by atoms with Crippen LogP contribution in [0.4, 0.5) is 11.4 Å². The lowest BCUT2D eigenvalue weighted by Gasteiger charge is -2.57. The fourth-order valence-corrected chi connectivity index (χ4v) is 8.56. The zero-order chi connectivity index (χ0) is 24.1. The van der Waals surface area contributed by atoms with Crippen LogP contribution >= 0.6 is 0 Å². The number of hydrogen-bond acceptors (Lipinski definition) is 3. The van der Waals surface area contributed by atoms with Crippen LogP contribution in [0.1, 0.15) is 63.0 Å². The third kappa shape index (κ3) is 4.37. The maximum absolute atomic E-state index is 13.3. The third-order valence-electron chi connectivity index (χ3n) is 8.42. The van der Waals surface area contributed by atoms with Crippen molar-refractivity contribution in [2.24, 2.45) is 17.8 Å². The highest BCUT2D eigenvalue weighted by molar-refractivity contribution is 7.92. The number of sulfonamides is 1. The molecule has 182 valence electrons. The number of aryl methyl sites for hydroxylation is 1. The van der Waals surface area contributed by atoms with Gasteiger partial charge in [-0.2, -0.15) is 0 Å². The Morgan fingerprint density at radius 3 is 1.97 bits per heavy atom. The van der Waals surface area contributed by atoms with Gasteiger partial charge in [0.1, 0.15) is 6.04 Å². The van der Waals surface area contributed by atoms with Gasteiger partial charge in [-0.05, 0) is 105 Å². The van der Waals surface area contributed by atoms with Gasteiger partial charge in [-0.3, -0.25) is 9.10 Å².